The van der Waals surface area contributed by atoms with E-state index < -0.39 is 0 Å². The summed E-state index contributed by atoms with van der Waals surface area (Å²) in [5.41, 5.74) is 1.87. The molecular formula is C17H26N2O2. The van der Waals surface area contributed by atoms with Crippen molar-refractivity contribution in [2.45, 2.75) is 38.1 Å². The summed E-state index contributed by atoms with van der Waals surface area (Å²) in [6.45, 7) is 1.32. The van der Waals surface area contributed by atoms with Crippen molar-refractivity contribution in [3.05, 3.63) is 35.4 Å². The van der Waals surface area contributed by atoms with Gasteiger partial charge in [-0.1, -0.05) is 31.0 Å². The summed E-state index contributed by atoms with van der Waals surface area (Å²) in [5.74, 6) is 0.0719. The largest absolute Gasteiger partial charge is 0.395 e. The van der Waals surface area contributed by atoms with Gasteiger partial charge in [0.15, 0.2) is 0 Å². The van der Waals surface area contributed by atoms with E-state index in [1.807, 2.05) is 36.2 Å². The van der Waals surface area contributed by atoms with E-state index in [1.165, 1.54) is 12.8 Å². The number of hydrogen-bond donors (Lipinski definition) is 2. The number of amides is 1. The lowest BCUT2D eigenvalue weighted by atomic mass is 10.0. The molecule has 0 saturated heterocycles. The van der Waals surface area contributed by atoms with Crippen LogP contribution < -0.4 is 5.32 Å². The molecule has 1 aromatic carbocycles. The summed E-state index contributed by atoms with van der Waals surface area (Å²) in [6.07, 6.45) is 5.33. The molecule has 2 N–H and O–H groups in total. The highest BCUT2D eigenvalue weighted by Crippen LogP contribution is 2.25. The first-order chi connectivity index (χ1) is 10.3. The number of aliphatic hydroxyl groups is 1. The van der Waals surface area contributed by atoms with Gasteiger partial charge >= 0.3 is 0 Å². The molecule has 1 amide bonds. The molecular weight excluding hydrogens is 264 g/mol. The monoisotopic (exact) mass is 290 g/mol. The Kier molecular flexibility index (Phi) is 6.21. The minimum atomic E-state index is 0.0287. The van der Waals surface area contributed by atoms with Crippen molar-refractivity contribution in [1.82, 2.24) is 10.2 Å². The van der Waals surface area contributed by atoms with Gasteiger partial charge in [0, 0.05) is 18.2 Å². The zero-order valence-corrected chi connectivity index (χ0v) is 12.8. The van der Waals surface area contributed by atoms with Gasteiger partial charge in [0.25, 0.3) is 5.91 Å². The molecule has 116 valence electrons. The standard InChI is InChI=1S/C17H26N2O2/c1-18-11-10-14-6-2-5-9-16(14)17(21)19(12-13-20)15-7-3-4-8-15/h2,5-6,9,15,18,20H,3-4,7-8,10-13H2,1H3. The molecule has 1 saturated carbocycles. The van der Waals surface area contributed by atoms with Gasteiger partial charge in [-0.2, -0.15) is 0 Å². The normalized spacial score (nSPS) is 15.3. The van der Waals surface area contributed by atoms with Crippen LogP contribution in [0.4, 0.5) is 0 Å². The van der Waals surface area contributed by atoms with Crippen LogP contribution in [-0.4, -0.2) is 48.7 Å². The predicted octanol–water partition coefficient (Wildman–Crippen LogP) is 1.83. The van der Waals surface area contributed by atoms with Crippen LogP contribution in [0.2, 0.25) is 0 Å². The Morgan fingerprint density at radius 1 is 1.33 bits per heavy atom. The smallest absolute Gasteiger partial charge is 0.254 e. The van der Waals surface area contributed by atoms with Crippen molar-refractivity contribution in [2.75, 3.05) is 26.7 Å². The molecule has 1 aromatic rings. The molecule has 0 radical (unpaired) electrons. The second-order valence-electron chi connectivity index (χ2n) is 5.67. The first-order valence-electron chi connectivity index (χ1n) is 7.92. The lowest BCUT2D eigenvalue weighted by Crippen LogP contribution is -2.41. The second-order valence-corrected chi connectivity index (χ2v) is 5.67. The Hall–Kier alpha value is -1.39. The molecule has 21 heavy (non-hydrogen) atoms. The number of hydrogen-bond acceptors (Lipinski definition) is 3. The average molecular weight is 290 g/mol. The highest BCUT2D eigenvalue weighted by Gasteiger charge is 2.27. The van der Waals surface area contributed by atoms with Crippen LogP contribution in [0, 0.1) is 0 Å². The Bertz CT molecular complexity index is 456. The Balaban J connectivity index is 2.19. The van der Waals surface area contributed by atoms with Crippen LogP contribution in [0.1, 0.15) is 41.6 Å². The summed E-state index contributed by atoms with van der Waals surface area (Å²) in [5, 5.41) is 12.4. The van der Waals surface area contributed by atoms with Crippen LogP contribution in [0.5, 0.6) is 0 Å². The van der Waals surface area contributed by atoms with E-state index >= 15 is 0 Å². The fourth-order valence-corrected chi connectivity index (χ4v) is 3.13. The molecule has 0 heterocycles. The van der Waals surface area contributed by atoms with E-state index in [0.717, 1.165) is 36.9 Å². The number of carbonyl (C=O) groups excluding carboxylic acids is 1. The summed E-state index contributed by atoms with van der Waals surface area (Å²) in [7, 11) is 1.92. The highest BCUT2D eigenvalue weighted by molar-refractivity contribution is 5.96. The maximum Gasteiger partial charge on any atom is 0.254 e. The SMILES string of the molecule is CNCCc1ccccc1C(=O)N(CCO)C1CCCC1. The Labute approximate surface area is 127 Å². The van der Waals surface area contributed by atoms with Crippen LogP contribution >= 0.6 is 0 Å². The summed E-state index contributed by atoms with van der Waals surface area (Å²) in [6, 6.07) is 8.13. The van der Waals surface area contributed by atoms with Gasteiger partial charge in [0.2, 0.25) is 0 Å². The number of nitrogens with zero attached hydrogens (tertiary/aromatic N) is 1. The fraction of sp³-hybridized carbons (Fsp3) is 0.588. The minimum absolute atomic E-state index is 0.0287. The lowest BCUT2D eigenvalue weighted by molar-refractivity contribution is 0.0637. The highest BCUT2D eigenvalue weighted by atomic mass is 16.3. The van der Waals surface area contributed by atoms with Crippen LogP contribution in [0.3, 0.4) is 0 Å². The number of rotatable bonds is 7. The molecule has 0 aromatic heterocycles. The number of nitrogens with one attached hydrogen (secondary N) is 1. The number of likely N-dealkylation sites (N-methyl/N-ethyl adjacent to an activating group) is 1. The van der Waals surface area contributed by atoms with Crippen molar-refractivity contribution in [1.29, 1.82) is 0 Å². The van der Waals surface area contributed by atoms with Gasteiger partial charge in [-0.05, 0) is 44.5 Å². The third-order valence-electron chi connectivity index (χ3n) is 4.26. The van der Waals surface area contributed by atoms with Gasteiger partial charge in [0.05, 0.1) is 6.61 Å². The Morgan fingerprint density at radius 3 is 2.71 bits per heavy atom. The summed E-state index contributed by atoms with van der Waals surface area (Å²) < 4.78 is 0. The quantitative estimate of drug-likeness (QED) is 0.805. The van der Waals surface area contributed by atoms with Gasteiger partial charge < -0.3 is 15.3 Å². The van der Waals surface area contributed by atoms with Crippen LogP contribution in [0.25, 0.3) is 0 Å². The van der Waals surface area contributed by atoms with E-state index in [0.29, 0.717) is 12.6 Å². The summed E-state index contributed by atoms with van der Waals surface area (Å²) in [4.78, 5) is 14.8. The predicted molar refractivity (Wildman–Crippen MR) is 84.5 cm³/mol. The molecule has 0 bridgehead atoms. The van der Waals surface area contributed by atoms with Crippen molar-refractivity contribution >= 4 is 5.91 Å². The van der Waals surface area contributed by atoms with Gasteiger partial charge in [-0.15, -0.1) is 0 Å². The fourth-order valence-electron chi connectivity index (χ4n) is 3.13. The molecule has 0 unspecified atom stereocenters. The Morgan fingerprint density at radius 2 is 2.05 bits per heavy atom. The van der Waals surface area contributed by atoms with Crippen molar-refractivity contribution in [2.24, 2.45) is 0 Å². The molecule has 1 aliphatic carbocycles. The van der Waals surface area contributed by atoms with E-state index in [1.54, 1.807) is 0 Å². The zero-order valence-electron chi connectivity index (χ0n) is 12.8. The molecule has 0 aliphatic heterocycles. The van der Waals surface area contributed by atoms with Crippen LogP contribution in [-0.2, 0) is 6.42 Å². The maximum atomic E-state index is 12.9. The third-order valence-corrected chi connectivity index (χ3v) is 4.26. The van der Waals surface area contributed by atoms with Crippen molar-refractivity contribution in [3.63, 3.8) is 0 Å². The minimum Gasteiger partial charge on any atom is -0.395 e. The molecule has 1 aliphatic rings. The molecule has 4 heteroatoms. The molecule has 1 fully saturated rings. The van der Waals surface area contributed by atoms with Gasteiger partial charge in [-0.3, -0.25) is 4.79 Å². The second kappa shape index (κ2) is 8.15. The summed E-state index contributed by atoms with van der Waals surface area (Å²) >= 11 is 0. The third kappa shape index (κ3) is 4.05. The van der Waals surface area contributed by atoms with Crippen molar-refractivity contribution < 1.29 is 9.90 Å². The molecule has 0 spiro atoms. The van der Waals surface area contributed by atoms with E-state index in [2.05, 4.69) is 5.32 Å². The van der Waals surface area contributed by atoms with Crippen molar-refractivity contribution in [3.8, 4) is 0 Å². The zero-order chi connectivity index (χ0) is 15.1. The molecule has 0 atom stereocenters. The lowest BCUT2D eigenvalue weighted by Gasteiger charge is -2.29. The number of aliphatic hydroxyl groups excluding tert-OH is 1. The van der Waals surface area contributed by atoms with Gasteiger partial charge in [-0.25, -0.2) is 0 Å². The van der Waals surface area contributed by atoms with Gasteiger partial charge in [0.1, 0.15) is 0 Å². The first kappa shape index (κ1) is 16.0. The average Bonchev–Trinajstić information content (AvgIpc) is 3.04. The van der Waals surface area contributed by atoms with Crippen LogP contribution in [0.15, 0.2) is 24.3 Å². The van der Waals surface area contributed by atoms with E-state index in [4.69, 9.17) is 0 Å². The maximum absolute atomic E-state index is 12.9. The molecule has 4 nitrogen and oxygen atoms in total. The van der Waals surface area contributed by atoms with E-state index in [-0.39, 0.29) is 12.5 Å². The molecule has 2 rings (SSSR count). The number of carbonyl (C=O) groups is 1. The number of benzene rings is 1. The first-order valence-corrected chi connectivity index (χ1v) is 7.92. The van der Waals surface area contributed by atoms with E-state index in [9.17, 15) is 9.90 Å². The topological polar surface area (TPSA) is 52.6 Å².